The minimum Gasteiger partial charge on any atom is -0.274 e. The molecule has 2 heterocycles. The molecule has 0 saturated heterocycles. The van der Waals surface area contributed by atoms with Crippen molar-refractivity contribution in [3.63, 3.8) is 0 Å². The molecule has 3 aromatic rings. The molecule has 26 heavy (non-hydrogen) atoms. The first-order valence-electron chi connectivity index (χ1n) is 7.91. The topological polar surface area (TPSA) is 89.8 Å². The van der Waals surface area contributed by atoms with Crippen molar-refractivity contribution in [2.45, 2.75) is 24.7 Å². The van der Waals surface area contributed by atoms with E-state index in [1.54, 1.807) is 13.1 Å². The van der Waals surface area contributed by atoms with Gasteiger partial charge in [-0.15, -0.1) is 0 Å². The van der Waals surface area contributed by atoms with E-state index in [4.69, 9.17) is 11.6 Å². The van der Waals surface area contributed by atoms with Gasteiger partial charge in [0.1, 0.15) is 10.0 Å². The number of hydrogen-bond acceptors (Lipinski definition) is 5. The molecule has 136 valence electrons. The SMILES string of the molecule is CC(C)c1ccccc1-c1cc(Cl)nc(NS(=O)(=O)c2cnn(C)c2)n1. The lowest BCUT2D eigenvalue weighted by Gasteiger charge is -2.13. The van der Waals surface area contributed by atoms with Gasteiger partial charge < -0.3 is 0 Å². The molecule has 9 heteroatoms. The molecule has 0 aliphatic rings. The van der Waals surface area contributed by atoms with Crippen LogP contribution in [0, 0.1) is 0 Å². The minimum absolute atomic E-state index is 0.0210. The molecular formula is C17H18ClN5O2S. The highest BCUT2D eigenvalue weighted by molar-refractivity contribution is 7.92. The molecule has 2 aromatic heterocycles. The zero-order valence-electron chi connectivity index (χ0n) is 14.5. The van der Waals surface area contributed by atoms with Crippen molar-refractivity contribution in [2.75, 3.05) is 4.72 Å². The highest BCUT2D eigenvalue weighted by Gasteiger charge is 2.19. The summed E-state index contributed by atoms with van der Waals surface area (Å²) in [6.45, 7) is 4.15. The van der Waals surface area contributed by atoms with Crippen LogP contribution < -0.4 is 4.72 Å². The molecule has 0 radical (unpaired) electrons. The predicted octanol–water partition coefficient (Wildman–Crippen LogP) is 3.45. The molecule has 0 aliphatic carbocycles. The number of sulfonamides is 1. The summed E-state index contributed by atoms with van der Waals surface area (Å²) in [6.07, 6.45) is 2.64. The van der Waals surface area contributed by atoms with Crippen LogP contribution in [0.5, 0.6) is 0 Å². The van der Waals surface area contributed by atoms with E-state index >= 15 is 0 Å². The number of aromatic nitrogens is 4. The highest BCUT2D eigenvalue weighted by atomic mass is 35.5. The van der Waals surface area contributed by atoms with Gasteiger partial charge in [0.05, 0.1) is 11.9 Å². The van der Waals surface area contributed by atoms with E-state index in [0.717, 1.165) is 11.1 Å². The Balaban J connectivity index is 2.02. The van der Waals surface area contributed by atoms with Gasteiger partial charge >= 0.3 is 0 Å². The van der Waals surface area contributed by atoms with Crippen LogP contribution in [0.15, 0.2) is 47.6 Å². The predicted molar refractivity (Wildman–Crippen MR) is 101 cm³/mol. The van der Waals surface area contributed by atoms with Crippen LogP contribution in [-0.4, -0.2) is 28.2 Å². The van der Waals surface area contributed by atoms with Crippen molar-refractivity contribution in [1.82, 2.24) is 19.7 Å². The quantitative estimate of drug-likeness (QED) is 0.672. The molecule has 0 spiro atoms. The maximum Gasteiger partial charge on any atom is 0.267 e. The van der Waals surface area contributed by atoms with Crippen molar-refractivity contribution in [3.8, 4) is 11.3 Å². The van der Waals surface area contributed by atoms with Crippen LogP contribution in [0.2, 0.25) is 5.15 Å². The fraction of sp³-hybridized carbons (Fsp3) is 0.235. The number of rotatable bonds is 5. The molecule has 0 unspecified atom stereocenters. The van der Waals surface area contributed by atoms with Crippen LogP contribution in [0.3, 0.4) is 0 Å². The Kier molecular flexibility index (Phi) is 4.97. The third kappa shape index (κ3) is 3.86. The van der Waals surface area contributed by atoms with Crippen molar-refractivity contribution >= 4 is 27.6 Å². The second-order valence-corrected chi connectivity index (χ2v) is 8.17. The number of aryl methyl sites for hydroxylation is 1. The van der Waals surface area contributed by atoms with E-state index in [2.05, 4.69) is 33.6 Å². The maximum absolute atomic E-state index is 12.5. The smallest absolute Gasteiger partial charge is 0.267 e. The number of nitrogens with zero attached hydrogens (tertiary/aromatic N) is 4. The molecule has 3 rings (SSSR count). The molecule has 0 saturated carbocycles. The van der Waals surface area contributed by atoms with Gasteiger partial charge in [-0.3, -0.25) is 4.68 Å². The Morgan fingerprint density at radius 2 is 1.92 bits per heavy atom. The first-order valence-corrected chi connectivity index (χ1v) is 9.78. The fourth-order valence-corrected chi connectivity index (χ4v) is 3.66. The zero-order chi connectivity index (χ0) is 18.9. The lowest BCUT2D eigenvalue weighted by atomic mass is 9.95. The van der Waals surface area contributed by atoms with Gasteiger partial charge in [0.2, 0.25) is 5.95 Å². The first kappa shape index (κ1) is 18.3. The highest BCUT2D eigenvalue weighted by Crippen LogP contribution is 2.29. The van der Waals surface area contributed by atoms with Crippen LogP contribution in [0.1, 0.15) is 25.3 Å². The summed E-state index contributed by atoms with van der Waals surface area (Å²) in [5.74, 6) is 0.186. The van der Waals surface area contributed by atoms with Crippen LogP contribution >= 0.6 is 11.6 Å². The summed E-state index contributed by atoms with van der Waals surface area (Å²) in [5.41, 5.74) is 2.52. The van der Waals surface area contributed by atoms with E-state index in [1.165, 1.54) is 17.1 Å². The Morgan fingerprint density at radius 1 is 1.19 bits per heavy atom. The second-order valence-electron chi connectivity index (χ2n) is 6.10. The van der Waals surface area contributed by atoms with Crippen molar-refractivity contribution in [3.05, 3.63) is 53.4 Å². The molecule has 0 bridgehead atoms. The normalized spacial score (nSPS) is 11.7. The van der Waals surface area contributed by atoms with Crippen molar-refractivity contribution in [1.29, 1.82) is 0 Å². The monoisotopic (exact) mass is 391 g/mol. The minimum atomic E-state index is -3.85. The Hall–Kier alpha value is -2.45. The Morgan fingerprint density at radius 3 is 2.58 bits per heavy atom. The number of hydrogen-bond donors (Lipinski definition) is 1. The third-order valence-electron chi connectivity index (χ3n) is 3.77. The Labute approximate surface area is 157 Å². The molecule has 7 nitrogen and oxygen atoms in total. The lowest BCUT2D eigenvalue weighted by Crippen LogP contribution is -2.15. The van der Waals surface area contributed by atoms with Crippen molar-refractivity contribution in [2.24, 2.45) is 7.05 Å². The lowest BCUT2D eigenvalue weighted by molar-refractivity contribution is 0.600. The standard InChI is InChI=1S/C17H18ClN5O2S/c1-11(2)13-6-4-5-7-14(13)15-8-16(18)21-17(20-15)22-26(24,25)12-9-19-23(3)10-12/h4-11H,1-3H3,(H,20,21,22). The van der Waals surface area contributed by atoms with Crippen LogP contribution in [0.25, 0.3) is 11.3 Å². The van der Waals surface area contributed by atoms with Gasteiger partial charge in [0.15, 0.2) is 0 Å². The molecule has 0 amide bonds. The van der Waals surface area contributed by atoms with E-state index < -0.39 is 10.0 Å². The molecule has 0 fully saturated rings. The largest absolute Gasteiger partial charge is 0.274 e. The van der Waals surface area contributed by atoms with Gasteiger partial charge in [0, 0.05) is 24.9 Å². The number of anilines is 1. The van der Waals surface area contributed by atoms with E-state index in [9.17, 15) is 8.42 Å². The van der Waals surface area contributed by atoms with Gasteiger partial charge in [0.25, 0.3) is 10.0 Å². The van der Waals surface area contributed by atoms with E-state index in [0.29, 0.717) is 5.69 Å². The number of benzene rings is 1. The van der Waals surface area contributed by atoms with Crippen molar-refractivity contribution < 1.29 is 8.42 Å². The van der Waals surface area contributed by atoms with Gasteiger partial charge in [-0.25, -0.2) is 23.1 Å². The molecule has 0 atom stereocenters. The molecule has 1 N–H and O–H groups in total. The molecular weight excluding hydrogens is 374 g/mol. The van der Waals surface area contributed by atoms with Crippen LogP contribution in [-0.2, 0) is 17.1 Å². The summed E-state index contributed by atoms with van der Waals surface area (Å²) in [5, 5.41) is 4.02. The molecule has 0 aliphatic heterocycles. The van der Waals surface area contributed by atoms with Gasteiger partial charge in [-0.2, -0.15) is 5.10 Å². The summed E-state index contributed by atoms with van der Waals surface area (Å²) in [7, 11) is -2.22. The van der Waals surface area contributed by atoms with E-state index in [1.807, 2.05) is 24.3 Å². The zero-order valence-corrected chi connectivity index (χ0v) is 16.1. The first-order chi connectivity index (χ1) is 12.3. The van der Waals surface area contributed by atoms with Crippen LogP contribution in [0.4, 0.5) is 5.95 Å². The average molecular weight is 392 g/mol. The summed E-state index contributed by atoms with van der Waals surface area (Å²) >= 11 is 6.11. The van der Waals surface area contributed by atoms with E-state index in [-0.39, 0.29) is 21.9 Å². The molecule has 1 aromatic carbocycles. The average Bonchev–Trinajstić information content (AvgIpc) is 3.01. The maximum atomic E-state index is 12.5. The third-order valence-corrected chi connectivity index (χ3v) is 5.25. The number of halogens is 1. The summed E-state index contributed by atoms with van der Waals surface area (Å²) < 4.78 is 28.7. The fourth-order valence-electron chi connectivity index (χ4n) is 2.55. The summed E-state index contributed by atoms with van der Waals surface area (Å²) in [6, 6.07) is 9.40. The number of nitrogens with one attached hydrogen (secondary N) is 1. The second kappa shape index (κ2) is 7.05. The van der Waals surface area contributed by atoms with Gasteiger partial charge in [-0.05, 0) is 11.5 Å². The van der Waals surface area contributed by atoms with Gasteiger partial charge in [-0.1, -0.05) is 49.7 Å². The summed E-state index contributed by atoms with van der Waals surface area (Å²) in [4.78, 5) is 8.36. The Bertz CT molecular complexity index is 1050.